The molecule has 1 aliphatic heterocycles. The molecular formula is C17H24FN3O2. The number of piperazine rings is 1. The Morgan fingerprint density at radius 2 is 1.91 bits per heavy atom. The van der Waals surface area contributed by atoms with Crippen LogP contribution in [0.1, 0.15) is 20.3 Å². The molecule has 0 aliphatic carbocycles. The van der Waals surface area contributed by atoms with E-state index in [0.29, 0.717) is 5.69 Å². The van der Waals surface area contributed by atoms with Crippen LogP contribution in [0.25, 0.3) is 0 Å². The van der Waals surface area contributed by atoms with E-state index in [9.17, 15) is 14.0 Å². The molecular weight excluding hydrogens is 297 g/mol. The average Bonchev–Trinajstić information content (AvgIpc) is 2.54. The van der Waals surface area contributed by atoms with Crippen molar-refractivity contribution in [1.82, 2.24) is 9.80 Å². The summed E-state index contributed by atoms with van der Waals surface area (Å²) in [6, 6.07) is 5.88. The fraction of sp³-hybridized carbons (Fsp3) is 0.529. The molecule has 1 heterocycles. The van der Waals surface area contributed by atoms with E-state index in [0.717, 1.165) is 32.7 Å². The molecule has 1 aliphatic rings. The maximum Gasteiger partial charge on any atom is 0.224 e. The average molecular weight is 321 g/mol. The lowest BCUT2D eigenvalue weighted by atomic mass is 10.2. The van der Waals surface area contributed by atoms with Crippen LogP contribution < -0.4 is 4.90 Å². The summed E-state index contributed by atoms with van der Waals surface area (Å²) in [4.78, 5) is 29.7. The van der Waals surface area contributed by atoms with Gasteiger partial charge in [0.2, 0.25) is 11.8 Å². The monoisotopic (exact) mass is 321 g/mol. The van der Waals surface area contributed by atoms with Gasteiger partial charge in [-0.1, -0.05) is 13.0 Å². The molecule has 23 heavy (non-hydrogen) atoms. The third kappa shape index (κ3) is 4.76. The highest BCUT2D eigenvalue weighted by atomic mass is 19.1. The summed E-state index contributed by atoms with van der Waals surface area (Å²) in [6.07, 6.45) is 0.252. The molecule has 1 fully saturated rings. The summed E-state index contributed by atoms with van der Waals surface area (Å²) in [5, 5.41) is 0. The predicted molar refractivity (Wildman–Crippen MR) is 87.7 cm³/mol. The maximum atomic E-state index is 13.3. The second-order valence-electron chi connectivity index (χ2n) is 5.72. The van der Waals surface area contributed by atoms with E-state index in [2.05, 4.69) is 11.8 Å². The largest absolute Gasteiger partial charge is 0.340 e. The van der Waals surface area contributed by atoms with Crippen LogP contribution >= 0.6 is 0 Å². The van der Waals surface area contributed by atoms with Crippen LogP contribution in [0.5, 0.6) is 0 Å². The summed E-state index contributed by atoms with van der Waals surface area (Å²) in [5.74, 6) is -0.543. The lowest BCUT2D eigenvalue weighted by Gasteiger charge is -2.34. The number of likely N-dealkylation sites (N-methyl/N-ethyl adjacent to an activating group) is 1. The van der Waals surface area contributed by atoms with Crippen molar-refractivity contribution >= 4 is 17.5 Å². The van der Waals surface area contributed by atoms with E-state index in [1.54, 1.807) is 12.1 Å². The standard InChI is InChI=1S/C17H24FN3O2/c1-3-19-9-11-20(12-10-19)17(23)7-8-21(14(2)22)16-6-4-5-15(18)13-16/h4-6,13H,3,7-12H2,1-2H3. The van der Waals surface area contributed by atoms with Gasteiger partial charge in [-0.05, 0) is 24.7 Å². The van der Waals surface area contributed by atoms with Crippen LogP contribution in [0.3, 0.4) is 0 Å². The third-order valence-corrected chi connectivity index (χ3v) is 4.22. The summed E-state index contributed by atoms with van der Waals surface area (Å²) in [7, 11) is 0. The van der Waals surface area contributed by atoms with Crippen molar-refractivity contribution in [2.24, 2.45) is 0 Å². The first-order chi connectivity index (χ1) is 11.0. The number of anilines is 1. The zero-order valence-corrected chi connectivity index (χ0v) is 13.8. The van der Waals surface area contributed by atoms with E-state index in [-0.39, 0.29) is 24.8 Å². The van der Waals surface area contributed by atoms with Gasteiger partial charge in [0.05, 0.1) is 0 Å². The first kappa shape index (κ1) is 17.4. The Balaban J connectivity index is 1.92. The zero-order valence-electron chi connectivity index (χ0n) is 13.8. The first-order valence-electron chi connectivity index (χ1n) is 8.05. The number of nitrogens with zero attached hydrogens (tertiary/aromatic N) is 3. The molecule has 0 bridgehead atoms. The number of amides is 2. The second kappa shape index (κ2) is 8.06. The lowest BCUT2D eigenvalue weighted by Crippen LogP contribution is -2.49. The van der Waals surface area contributed by atoms with Crippen LogP contribution in [0.15, 0.2) is 24.3 Å². The minimum Gasteiger partial charge on any atom is -0.340 e. The molecule has 2 amide bonds. The molecule has 0 N–H and O–H groups in total. The molecule has 5 nitrogen and oxygen atoms in total. The fourth-order valence-electron chi connectivity index (χ4n) is 2.79. The maximum absolute atomic E-state index is 13.3. The SMILES string of the molecule is CCN1CCN(C(=O)CCN(C(C)=O)c2cccc(F)c2)CC1. The topological polar surface area (TPSA) is 43.9 Å². The molecule has 0 atom stereocenters. The van der Waals surface area contributed by atoms with Crippen molar-refractivity contribution in [2.45, 2.75) is 20.3 Å². The molecule has 1 saturated heterocycles. The Kier molecular flexibility index (Phi) is 6.10. The number of carbonyl (C=O) groups excluding carboxylic acids is 2. The summed E-state index contributed by atoms with van der Waals surface area (Å²) in [6.45, 7) is 8.05. The normalized spacial score (nSPS) is 15.5. The molecule has 0 radical (unpaired) electrons. The molecule has 126 valence electrons. The van der Waals surface area contributed by atoms with Gasteiger partial charge in [0.15, 0.2) is 0 Å². The van der Waals surface area contributed by atoms with Gasteiger partial charge < -0.3 is 14.7 Å². The Bertz CT molecular complexity index is 557. The number of halogens is 1. The summed E-state index contributed by atoms with van der Waals surface area (Å²) >= 11 is 0. The van der Waals surface area contributed by atoms with E-state index in [4.69, 9.17) is 0 Å². The zero-order chi connectivity index (χ0) is 16.8. The van der Waals surface area contributed by atoms with Crippen molar-refractivity contribution in [2.75, 3.05) is 44.2 Å². The summed E-state index contributed by atoms with van der Waals surface area (Å²) in [5.41, 5.74) is 0.487. The smallest absolute Gasteiger partial charge is 0.224 e. The van der Waals surface area contributed by atoms with Crippen molar-refractivity contribution in [3.63, 3.8) is 0 Å². The number of rotatable bonds is 5. The molecule has 2 rings (SSSR count). The molecule has 0 aromatic heterocycles. The Morgan fingerprint density at radius 1 is 1.22 bits per heavy atom. The predicted octanol–water partition coefficient (Wildman–Crippen LogP) is 1.73. The van der Waals surface area contributed by atoms with Crippen molar-refractivity contribution in [3.05, 3.63) is 30.1 Å². The molecule has 1 aromatic rings. The molecule has 0 saturated carbocycles. The van der Waals surface area contributed by atoms with Crippen LogP contribution in [0.2, 0.25) is 0 Å². The van der Waals surface area contributed by atoms with E-state index in [1.165, 1.54) is 24.0 Å². The minimum absolute atomic E-state index is 0.0448. The third-order valence-electron chi connectivity index (χ3n) is 4.22. The number of hydrogen-bond donors (Lipinski definition) is 0. The van der Waals surface area contributed by atoms with Crippen molar-refractivity contribution in [1.29, 1.82) is 0 Å². The Hall–Kier alpha value is -1.95. The minimum atomic E-state index is -0.393. The van der Waals surface area contributed by atoms with Crippen LogP contribution in [0.4, 0.5) is 10.1 Å². The molecule has 1 aromatic carbocycles. The van der Waals surface area contributed by atoms with E-state index in [1.807, 2.05) is 4.90 Å². The van der Waals surface area contributed by atoms with Gasteiger partial charge in [-0.25, -0.2) is 4.39 Å². The number of hydrogen-bond acceptors (Lipinski definition) is 3. The van der Waals surface area contributed by atoms with Gasteiger partial charge in [-0.15, -0.1) is 0 Å². The lowest BCUT2D eigenvalue weighted by molar-refractivity contribution is -0.132. The highest BCUT2D eigenvalue weighted by Gasteiger charge is 2.21. The van der Waals surface area contributed by atoms with Gasteiger partial charge in [-0.2, -0.15) is 0 Å². The second-order valence-corrected chi connectivity index (χ2v) is 5.72. The Morgan fingerprint density at radius 3 is 2.48 bits per heavy atom. The molecule has 0 unspecified atom stereocenters. The number of carbonyl (C=O) groups is 2. The highest BCUT2D eigenvalue weighted by molar-refractivity contribution is 5.92. The van der Waals surface area contributed by atoms with Crippen molar-refractivity contribution < 1.29 is 14.0 Å². The highest BCUT2D eigenvalue weighted by Crippen LogP contribution is 2.16. The first-order valence-corrected chi connectivity index (χ1v) is 8.05. The van der Waals surface area contributed by atoms with Crippen LogP contribution in [-0.2, 0) is 9.59 Å². The van der Waals surface area contributed by atoms with Crippen LogP contribution in [0, 0.1) is 5.82 Å². The van der Waals surface area contributed by atoms with Gasteiger partial charge in [0.25, 0.3) is 0 Å². The van der Waals surface area contributed by atoms with E-state index >= 15 is 0 Å². The van der Waals surface area contributed by atoms with Crippen molar-refractivity contribution in [3.8, 4) is 0 Å². The quantitative estimate of drug-likeness (QED) is 0.830. The van der Waals surface area contributed by atoms with Gasteiger partial charge >= 0.3 is 0 Å². The van der Waals surface area contributed by atoms with Gasteiger partial charge in [0.1, 0.15) is 5.82 Å². The fourth-order valence-corrected chi connectivity index (χ4v) is 2.79. The van der Waals surface area contributed by atoms with Gasteiger partial charge in [-0.3, -0.25) is 9.59 Å². The number of benzene rings is 1. The Labute approximate surface area is 136 Å². The summed E-state index contributed by atoms with van der Waals surface area (Å²) < 4.78 is 13.3. The molecule has 0 spiro atoms. The van der Waals surface area contributed by atoms with Gasteiger partial charge in [0, 0.05) is 51.8 Å². The molecule has 6 heteroatoms. The van der Waals surface area contributed by atoms with Crippen LogP contribution in [-0.4, -0.2) is 60.9 Å². The van der Waals surface area contributed by atoms with E-state index < -0.39 is 5.82 Å².